The number of halogens is 1. The molecule has 1 heterocycles. The standard InChI is InChI=1S/C21H24FN3O4S/c1-13(2)21(27)25-9-8-15-4-5-17(10-16(15)12-25)24-30(28,29)18-6-7-20(19(22)11-18)23-14(3)26/h4-7,10-11,13,24H,8-9,12H2,1-3H3,(H,23,26). The third-order valence-electron chi connectivity index (χ3n) is 4.84. The zero-order valence-electron chi connectivity index (χ0n) is 17.0. The molecule has 7 nitrogen and oxygen atoms in total. The van der Waals surface area contributed by atoms with Gasteiger partial charge in [-0.1, -0.05) is 19.9 Å². The van der Waals surface area contributed by atoms with Gasteiger partial charge in [0.15, 0.2) is 0 Å². The fraction of sp³-hybridized carbons (Fsp3) is 0.333. The quantitative estimate of drug-likeness (QED) is 0.757. The van der Waals surface area contributed by atoms with E-state index >= 15 is 0 Å². The predicted molar refractivity (Wildman–Crippen MR) is 112 cm³/mol. The zero-order chi connectivity index (χ0) is 22.1. The molecular weight excluding hydrogens is 409 g/mol. The lowest BCUT2D eigenvalue weighted by Gasteiger charge is -2.30. The van der Waals surface area contributed by atoms with Crippen LogP contribution in [0, 0.1) is 11.7 Å². The summed E-state index contributed by atoms with van der Waals surface area (Å²) < 4.78 is 42.0. The largest absolute Gasteiger partial charge is 0.338 e. The van der Waals surface area contributed by atoms with E-state index in [1.807, 2.05) is 19.9 Å². The SMILES string of the molecule is CC(=O)Nc1ccc(S(=O)(=O)Nc2ccc3c(c2)CN(C(=O)C(C)C)CC3)cc1F. The molecule has 0 radical (unpaired) electrons. The van der Waals surface area contributed by atoms with Crippen LogP contribution in [-0.2, 0) is 32.6 Å². The lowest BCUT2D eigenvalue weighted by Crippen LogP contribution is -2.38. The van der Waals surface area contributed by atoms with Crippen LogP contribution in [0.2, 0.25) is 0 Å². The molecule has 0 saturated heterocycles. The molecule has 0 bridgehead atoms. The third-order valence-corrected chi connectivity index (χ3v) is 6.22. The number of rotatable bonds is 5. The van der Waals surface area contributed by atoms with E-state index in [9.17, 15) is 22.4 Å². The van der Waals surface area contributed by atoms with Crippen molar-refractivity contribution in [2.75, 3.05) is 16.6 Å². The molecule has 2 N–H and O–H groups in total. The van der Waals surface area contributed by atoms with Crippen molar-refractivity contribution in [3.8, 4) is 0 Å². The first-order valence-electron chi connectivity index (χ1n) is 9.57. The number of benzene rings is 2. The lowest BCUT2D eigenvalue weighted by atomic mass is 9.98. The van der Waals surface area contributed by atoms with Gasteiger partial charge in [0.25, 0.3) is 10.0 Å². The molecule has 1 aliphatic heterocycles. The van der Waals surface area contributed by atoms with Crippen LogP contribution >= 0.6 is 0 Å². The van der Waals surface area contributed by atoms with Crippen LogP contribution in [0.1, 0.15) is 31.9 Å². The van der Waals surface area contributed by atoms with Gasteiger partial charge in [-0.15, -0.1) is 0 Å². The molecule has 2 aromatic rings. The number of anilines is 2. The Hall–Kier alpha value is -2.94. The molecule has 160 valence electrons. The monoisotopic (exact) mass is 433 g/mol. The second-order valence-electron chi connectivity index (χ2n) is 7.58. The van der Waals surface area contributed by atoms with Crippen molar-refractivity contribution in [1.29, 1.82) is 0 Å². The fourth-order valence-electron chi connectivity index (χ4n) is 3.34. The van der Waals surface area contributed by atoms with Gasteiger partial charge in [-0.2, -0.15) is 0 Å². The van der Waals surface area contributed by atoms with Gasteiger partial charge < -0.3 is 10.2 Å². The Kier molecular flexibility index (Phi) is 6.12. The first-order chi connectivity index (χ1) is 14.1. The van der Waals surface area contributed by atoms with Gasteiger partial charge in [0.1, 0.15) is 5.82 Å². The Labute approximate surface area is 175 Å². The molecule has 2 aromatic carbocycles. The molecule has 9 heteroatoms. The Morgan fingerprint density at radius 3 is 2.47 bits per heavy atom. The van der Waals surface area contributed by atoms with Gasteiger partial charge in [0.2, 0.25) is 11.8 Å². The van der Waals surface area contributed by atoms with Crippen molar-refractivity contribution in [2.45, 2.75) is 38.6 Å². The minimum atomic E-state index is -4.03. The van der Waals surface area contributed by atoms with Gasteiger partial charge in [0, 0.05) is 31.6 Å². The maximum absolute atomic E-state index is 14.1. The number of nitrogens with one attached hydrogen (secondary N) is 2. The summed E-state index contributed by atoms with van der Waals surface area (Å²) in [6.45, 7) is 5.98. The zero-order valence-corrected chi connectivity index (χ0v) is 17.8. The molecule has 0 saturated carbocycles. The van der Waals surface area contributed by atoms with Gasteiger partial charge in [0.05, 0.1) is 10.6 Å². The highest BCUT2D eigenvalue weighted by molar-refractivity contribution is 7.92. The number of hydrogen-bond donors (Lipinski definition) is 2. The third kappa shape index (κ3) is 4.79. The van der Waals surface area contributed by atoms with E-state index in [-0.39, 0.29) is 22.4 Å². The molecule has 2 amide bonds. The number of hydrogen-bond acceptors (Lipinski definition) is 4. The van der Waals surface area contributed by atoms with Crippen LogP contribution in [0.15, 0.2) is 41.3 Å². The summed E-state index contributed by atoms with van der Waals surface area (Å²) >= 11 is 0. The summed E-state index contributed by atoms with van der Waals surface area (Å²) in [5.41, 5.74) is 2.18. The Morgan fingerprint density at radius 2 is 1.83 bits per heavy atom. The number of amides is 2. The van der Waals surface area contributed by atoms with Gasteiger partial charge in [-0.3, -0.25) is 14.3 Å². The highest BCUT2D eigenvalue weighted by Crippen LogP contribution is 2.26. The molecular formula is C21H24FN3O4S. The minimum Gasteiger partial charge on any atom is -0.338 e. The topological polar surface area (TPSA) is 95.6 Å². The van der Waals surface area contributed by atoms with Crippen molar-refractivity contribution in [2.24, 2.45) is 5.92 Å². The average Bonchev–Trinajstić information content (AvgIpc) is 2.67. The maximum atomic E-state index is 14.1. The van der Waals surface area contributed by atoms with E-state index in [4.69, 9.17) is 0 Å². The molecule has 1 aliphatic rings. The van der Waals surface area contributed by atoms with Crippen LogP contribution in [0.5, 0.6) is 0 Å². The van der Waals surface area contributed by atoms with E-state index in [2.05, 4.69) is 10.0 Å². The fourth-order valence-corrected chi connectivity index (χ4v) is 4.40. The van der Waals surface area contributed by atoms with Gasteiger partial charge in [-0.05, 0) is 47.9 Å². The molecule has 0 fully saturated rings. The Balaban J connectivity index is 1.81. The lowest BCUT2D eigenvalue weighted by molar-refractivity contribution is -0.135. The summed E-state index contributed by atoms with van der Waals surface area (Å²) in [6.07, 6.45) is 0.705. The van der Waals surface area contributed by atoms with Crippen LogP contribution in [0.4, 0.5) is 15.8 Å². The highest BCUT2D eigenvalue weighted by atomic mass is 32.2. The molecule has 0 atom stereocenters. The maximum Gasteiger partial charge on any atom is 0.261 e. The van der Waals surface area contributed by atoms with Crippen molar-refractivity contribution in [3.63, 3.8) is 0 Å². The van der Waals surface area contributed by atoms with Crippen molar-refractivity contribution in [3.05, 3.63) is 53.3 Å². The Bertz CT molecular complexity index is 1100. The second-order valence-corrected chi connectivity index (χ2v) is 9.26. The van der Waals surface area contributed by atoms with E-state index in [1.54, 1.807) is 17.0 Å². The van der Waals surface area contributed by atoms with Crippen LogP contribution in [0.25, 0.3) is 0 Å². The summed E-state index contributed by atoms with van der Waals surface area (Å²) in [5.74, 6) is -1.35. The second kappa shape index (κ2) is 8.43. The van der Waals surface area contributed by atoms with Crippen LogP contribution in [-0.4, -0.2) is 31.7 Å². The van der Waals surface area contributed by atoms with Gasteiger partial charge in [-0.25, -0.2) is 12.8 Å². The van der Waals surface area contributed by atoms with Gasteiger partial charge >= 0.3 is 0 Å². The van der Waals surface area contributed by atoms with Crippen molar-refractivity contribution in [1.82, 2.24) is 4.90 Å². The molecule has 30 heavy (non-hydrogen) atoms. The van der Waals surface area contributed by atoms with Crippen molar-refractivity contribution >= 4 is 33.2 Å². The first kappa shape index (κ1) is 21.8. The van der Waals surface area contributed by atoms with Crippen LogP contribution < -0.4 is 10.0 Å². The van der Waals surface area contributed by atoms with E-state index in [1.165, 1.54) is 19.1 Å². The molecule has 3 rings (SSSR count). The van der Waals surface area contributed by atoms with Crippen molar-refractivity contribution < 1.29 is 22.4 Å². The summed E-state index contributed by atoms with van der Waals surface area (Å²) in [5, 5.41) is 2.30. The summed E-state index contributed by atoms with van der Waals surface area (Å²) in [7, 11) is -4.03. The smallest absolute Gasteiger partial charge is 0.261 e. The number of carbonyl (C=O) groups is 2. The summed E-state index contributed by atoms with van der Waals surface area (Å²) in [4.78, 5) is 24.9. The predicted octanol–water partition coefficient (Wildman–Crippen LogP) is 3.13. The Morgan fingerprint density at radius 1 is 1.10 bits per heavy atom. The minimum absolute atomic E-state index is 0.0568. The molecule has 0 aliphatic carbocycles. The number of nitrogens with zero attached hydrogens (tertiary/aromatic N) is 1. The average molecular weight is 434 g/mol. The molecule has 0 unspecified atom stereocenters. The number of sulfonamides is 1. The first-order valence-corrected chi connectivity index (χ1v) is 11.1. The van der Waals surface area contributed by atoms with E-state index in [0.717, 1.165) is 17.2 Å². The highest BCUT2D eigenvalue weighted by Gasteiger charge is 2.23. The number of carbonyl (C=O) groups excluding carboxylic acids is 2. The molecule has 0 aromatic heterocycles. The van der Waals surface area contributed by atoms with Crippen LogP contribution in [0.3, 0.4) is 0 Å². The summed E-state index contributed by atoms with van der Waals surface area (Å²) in [6, 6.07) is 8.47. The number of fused-ring (bicyclic) bond motifs is 1. The normalized spacial score (nSPS) is 13.7. The van der Waals surface area contributed by atoms with E-state index < -0.39 is 21.7 Å². The van der Waals surface area contributed by atoms with E-state index in [0.29, 0.717) is 25.2 Å². The molecule has 0 spiro atoms.